The Kier molecular flexibility index (Phi) is 7.42. The maximum Gasteiger partial charge on any atom is 0.294 e. The van der Waals surface area contributed by atoms with Crippen molar-refractivity contribution in [2.24, 2.45) is 0 Å². The normalized spacial score (nSPS) is 14.0. The number of hydrogen-bond acceptors (Lipinski definition) is 9. The summed E-state index contributed by atoms with van der Waals surface area (Å²) in [7, 11) is 1.43. The molecule has 0 bridgehead atoms. The molecule has 1 aromatic heterocycles. The quantitative estimate of drug-likeness (QED) is 0.166. The number of thioether (sulfide) groups is 1. The highest BCUT2D eigenvalue weighted by Gasteiger charge is 2.36. The van der Waals surface area contributed by atoms with Crippen LogP contribution < -0.4 is 14.8 Å². The van der Waals surface area contributed by atoms with Crippen molar-refractivity contribution in [1.29, 1.82) is 0 Å². The topological polar surface area (TPSA) is 141 Å². The number of imide groups is 1. The fraction of sp³-hybridized carbons (Fsp3) is 0.0714. The van der Waals surface area contributed by atoms with Crippen molar-refractivity contribution in [3.05, 3.63) is 99.6 Å². The lowest BCUT2D eigenvalue weighted by atomic mass is 10.1. The standard InChI is InChI=1S/C28H20N4O7S/c1-38-23-13-17(9-11-22(23)39-26-12-10-19(15-29-26)32(36)37)14-24-27(34)31(28(35)40-24)16-25(33)30-21-8-4-6-18-5-2-3-7-20(18)21/h2-15H,16H2,1H3,(H,30,33)/b24-14+. The summed E-state index contributed by atoms with van der Waals surface area (Å²) in [6.07, 6.45) is 2.60. The Labute approximate surface area is 231 Å². The summed E-state index contributed by atoms with van der Waals surface area (Å²) in [5.74, 6) is -0.360. The first kappa shape index (κ1) is 26.4. The summed E-state index contributed by atoms with van der Waals surface area (Å²) in [6.45, 7) is -0.427. The number of rotatable bonds is 8. The molecule has 0 atom stereocenters. The molecule has 0 radical (unpaired) electrons. The fourth-order valence-electron chi connectivity index (χ4n) is 3.97. The van der Waals surface area contributed by atoms with Crippen molar-refractivity contribution in [3.8, 4) is 17.4 Å². The van der Waals surface area contributed by atoms with E-state index in [4.69, 9.17) is 9.47 Å². The van der Waals surface area contributed by atoms with Gasteiger partial charge in [0.05, 0.1) is 16.9 Å². The van der Waals surface area contributed by atoms with Gasteiger partial charge in [0.1, 0.15) is 12.7 Å². The monoisotopic (exact) mass is 556 g/mol. The van der Waals surface area contributed by atoms with Crippen LogP contribution in [0.4, 0.5) is 16.2 Å². The van der Waals surface area contributed by atoms with Gasteiger partial charge in [-0.3, -0.25) is 29.4 Å². The van der Waals surface area contributed by atoms with E-state index < -0.39 is 28.5 Å². The van der Waals surface area contributed by atoms with E-state index >= 15 is 0 Å². The number of amides is 3. The Balaban J connectivity index is 1.28. The van der Waals surface area contributed by atoms with Crippen LogP contribution in [0.25, 0.3) is 16.8 Å². The third kappa shape index (κ3) is 5.61. The number of carbonyl (C=O) groups excluding carboxylic acids is 3. The molecule has 1 fully saturated rings. The third-order valence-corrected chi connectivity index (χ3v) is 6.78. The molecule has 3 amide bonds. The van der Waals surface area contributed by atoms with Gasteiger partial charge in [-0.05, 0) is 47.0 Å². The number of pyridine rings is 1. The van der Waals surface area contributed by atoms with Gasteiger partial charge in [0.25, 0.3) is 16.8 Å². The fourth-order valence-corrected chi connectivity index (χ4v) is 4.81. The van der Waals surface area contributed by atoms with Gasteiger partial charge >= 0.3 is 0 Å². The van der Waals surface area contributed by atoms with Gasteiger partial charge in [-0.25, -0.2) is 4.98 Å². The first-order chi connectivity index (χ1) is 19.3. The highest BCUT2D eigenvalue weighted by atomic mass is 32.2. The van der Waals surface area contributed by atoms with Crippen molar-refractivity contribution in [2.75, 3.05) is 19.0 Å². The van der Waals surface area contributed by atoms with Gasteiger partial charge in [-0.1, -0.05) is 42.5 Å². The zero-order valence-electron chi connectivity index (χ0n) is 20.9. The van der Waals surface area contributed by atoms with Crippen LogP contribution in [0.1, 0.15) is 5.56 Å². The van der Waals surface area contributed by atoms with Crippen molar-refractivity contribution in [1.82, 2.24) is 9.88 Å². The molecule has 5 rings (SSSR count). The molecule has 40 heavy (non-hydrogen) atoms. The van der Waals surface area contributed by atoms with Gasteiger partial charge in [0, 0.05) is 23.2 Å². The van der Waals surface area contributed by atoms with Crippen LogP contribution in [0.3, 0.4) is 0 Å². The van der Waals surface area contributed by atoms with E-state index in [0.717, 1.165) is 33.6 Å². The second kappa shape index (κ2) is 11.3. The molecule has 0 aliphatic carbocycles. The molecular formula is C28H20N4O7S. The SMILES string of the molecule is COc1cc(/C=C2/SC(=O)N(CC(=O)Nc3cccc4ccccc34)C2=O)ccc1Oc1ccc([N+](=O)[O-])cn1. The summed E-state index contributed by atoms with van der Waals surface area (Å²) in [6, 6.07) is 20.5. The van der Waals surface area contributed by atoms with Gasteiger partial charge in [-0.2, -0.15) is 0 Å². The molecule has 1 N–H and O–H groups in total. The molecule has 200 valence electrons. The average molecular weight is 557 g/mol. The number of benzene rings is 3. The molecule has 0 spiro atoms. The van der Waals surface area contributed by atoms with Gasteiger partial charge < -0.3 is 14.8 Å². The Morgan fingerprint density at radius 1 is 1.07 bits per heavy atom. The first-order valence-electron chi connectivity index (χ1n) is 11.8. The van der Waals surface area contributed by atoms with Crippen molar-refractivity contribution in [3.63, 3.8) is 0 Å². The van der Waals surface area contributed by atoms with E-state index in [9.17, 15) is 24.5 Å². The molecule has 2 heterocycles. The van der Waals surface area contributed by atoms with Crippen LogP contribution in [-0.2, 0) is 9.59 Å². The average Bonchev–Trinajstić information content (AvgIpc) is 3.21. The highest BCUT2D eigenvalue weighted by molar-refractivity contribution is 8.18. The van der Waals surface area contributed by atoms with E-state index in [1.165, 1.54) is 25.3 Å². The Bertz CT molecular complexity index is 1680. The number of nitrogens with zero attached hydrogens (tertiary/aromatic N) is 3. The predicted octanol–water partition coefficient (Wildman–Crippen LogP) is 5.62. The zero-order chi connectivity index (χ0) is 28.2. The number of carbonyl (C=O) groups is 3. The van der Waals surface area contributed by atoms with Gasteiger partial charge in [0.2, 0.25) is 11.8 Å². The van der Waals surface area contributed by atoms with Gasteiger partial charge in [-0.15, -0.1) is 0 Å². The van der Waals surface area contributed by atoms with Gasteiger partial charge in [0.15, 0.2) is 11.5 Å². The molecular weight excluding hydrogens is 536 g/mol. The molecule has 4 aromatic rings. The minimum absolute atomic E-state index is 0.125. The number of ether oxygens (including phenoxy) is 2. The maximum atomic E-state index is 13.0. The zero-order valence-corrected chi connectivity index (χ0v) is 21.7. The van der Waals surface area contributed by atoms with Crippen LogP contribution in [0.15, 0.2) is 83.9 Å². The molecule has 11 nitrogen and oxygen atoms in total. The summed E-state index contributed by atoms with van der Waals surface area (Å²) >= 11 is 0.733. The molecule has 1 aliphatic rings. The molecule has 1 saturated heterocycles. The lowest BCUT2D eigenvalue weighted by Gasteiger charge is -2.13. The van der Waals surface area contributed by atoms with E-state index in [1.807, 2.05) is 36.4 Å². The Morgan fingerprint density at radius 3 is 2.62 bits per heavy atom. The Hall–Kier alpha value is -5.23. The maximum absolute atomic E-state index is 13.0. The number of fused-ring (bicyclic) bond motifs is 1. The largest absolute Gasteiger partial charge is 0.493 e. The van der Waals surface area contributed by atoms with Crippen LogP contribution in [-0.4, -0.2) is 45.5 Å². The number of nitro groups is 1. The summed E-state index contributed by atoms with van der Waals surface area (Å²) in [5.41, 5.74) is 0.963. The summed E-state index contributed by atoms with van der Waals surface area (Å²) in [5, 5.41) is 14.8. The molecule has 3 aromatic carbocycles. The van der Waals surface area contributed by atoms with Crippen molar-refractivity contribution < 1.29 is 28.8 Å². The van der Waals surface area contributed by atoms with Crippen molar-refractivity contribution in [2.45, 2.75) is 0 Å². The second-order valence-corrected chi connectivity index (χ2v) is 9.46. The number of nitrogens with one attached hydrogen (secondary N) is 1. The lowest BCUT2D eigenvalue weighted by Crippen LogP contribution is -2.36. The molecule has 12 heteroatoms. The van der Waals surface area contributed by atoms with Crippen LogP contribution in [0.5, 0.6) is 17.4 Å². The number of anilines is 1. The molecule has 0 saturated carbocycles. The first-order valence-corrected chi connectivity index (χ1v) is 12.6. The lowest BCUT2D eigenvalue weighted by molar-refractivity contribution is -0.385. The van der Waals surface area contributed by atoms with Crippen LogP contribution in [0.2, 0.25) is 0 Å². The molecule has 0 unspecified atom stereocenters. The Morgan fingerprint density at radius 2 is 1.88 bits per heavy atom. The van der Waals surface area contributed by atoms with E-state index in [-0.39, 0.29) is 16.5 Å². The predicted molar refractivity (Wildman–Crippen MR) is 149 cm³/mol. The summed E-state index contributed by atoms with van der Waals surface area (Å²) < 4.78 is 11.1. The number of hydrogen-bond donors (Lipinski definition) is 1. The van der Waals surface area contributed by atoms with Crippen LogP contribution in [0, 0.1) is 10.1 Å². The van der Waals surface area contributed by atoms with E-state index in [1.54, 1.807) is 24.3 Å². The highest BCUT2D eigenvalue weighted by Crippen LogP contribution is 2.36. The smallest absolute Gasteiger partial charge is 0.294 e. The summed E-state index contributed by atoms with van der Waals surface area (Å²) in [4.78, 5) is 53.5. The van der Waals surface area contributed by atoms with Crippen LogP contribution >= 0.6 is 11.8 Å². The third-order valence-electron chi connectivity index (χ3n) is 5.87. The van der Waals surface area contributed by atoms with E-state index in [2.05, 4.69) is 10.3 Å². The van der Waals surface area contributed by atoms with E-state index in [0.29, 0.717) is 22.7 Å². The van der Waals surface area contributed by atoms with Crippen molar-refractivity contribution >= 4 is 57.0 Å². The minimum atomic E-state index is -0.586. The second-order valence-electron chi connectivity index (χ2n) is 8.47. The number of methoxy groups -OCH3 is 1. The molecule has 1 aliphatic heterocycles. The number of aromatic nitrogens is 1. The minimum Gasteiger partial charge on any atom is -0.493 e.